The van der Waals surface area contributed by atoms with Gasteiger partial charge in [0.15, 0.2) is 0 Å². The standard InChI is InChI=1S/C7H6O2.C2H4O2.H3O4P/c8-7(9)6-4-2-1-3-5-6;1-2(3)4;1-5(2,3)4/h1-5H,(H,8,9);1H3,(H,3,4);(H3,1,2,3,4). The van der Waals surface area contributed by atoms with E-state index >= 15 is 0 Å². The predicted octanol–water partition coefficient (Wildman–Crippen LogP) is 0.547. The Balaban J connectivity index is 0. The summed E-state index contributed by atoms with van der Waals surface area (Å²) in [6.45, 7) is 1.08. The lowest BCUT2D eigenvalue weighted by Crippen LogP contribution is -1.93. The smallest absolute Gasteiger partial charge is 0.466 e. The lowest BCUT2D eigenvalue weighted by Gasteiger charge is -1.88. The average molecular weight is 280 g/mol. The van der Waals surface area contributed by atoms with E-state index in [1.54, 1.807) is 30.3 Å². The first-order valence-electron chi connectivity index (χ1n) is 4.30. The minimum atomic E-state index is -4.64. The van der Waals surface area contributed by atoms with Crippen molar-refractivity contribution in [1.82, 2.24) is 0 Å². The minimum Gasteiger partial charge on any atom is -0.481 e. The van der Waals surface area contributed by atoms with Crippen LogP contribution in [0.25, 0.3) is 0 Å². The van der Waals surface area contributed by atoms with Crippen LogP contribution in [0, 0.1) is 0 Å². The topological polar surface area (TPSA) is 152 Å². The molecule has 0 aliphatic rings. The molecule has 0 aliphatic heterocycles. The molecule has 102 valence electrons. The van der Waals surface area contributed by atoms with Gasteiger partial charge in [-0.15, -0.1) is 0 Å². The third kappa shape index (κ3) is 23.8. The van der Waals surface area contributed by atoms with E-state index in [9.17, 15) is 4.79 Å². The minimum absolute atomic E-state index is 0.331. The molecule has 0 spiro atoms. The molecule has 0 fully saturated rings. The zero-order chi connectivity index (χ0) is 14.8. The van der Waals surface area contributed by atoms with Crippen LogP contribution < -0.4 is 0 Å². The monoisotopic (exact) mass is 280 g/mol. The van der Waals surface area contributed by atoms with Crippen LogP contribution in [-0.4, -0.2) is 36.8 Å². The molecule has 5 N–H and O–H groups in total. The highest BCUT2D eigenvalue weighted by atomic mass is 31.2. The first kappa shape index (κ1) is 18.6. The van der Waals surface area contributed by atoms with Gasteiger partial charge in [-0.1, -0.05) is 18.2 Å². The van der Waals surface area contributed by atoms with E-state index in [0.29, 0.717) is 5.56 Å². The lowest BCUT2D eigenvalue weighted by molar-refractivity contribution is -0.134. The fourth-order valence-corrected chi connectivity index (χ4v) is 0.581. The number of aromatic carboxylic acids is 1. The zero-order valence-electron chi connectivity index (χ0n) is 9.29. The molecule has 0 aliphatic carbocycles. The highest BCUT2D eigenvalue weighted by Crippen LogP contribution is 2.25. The van der Waals surface area contributed by atoms with Crippen LogP contribution in [0.5, 0.6) is 0 Å². The maximum atomic E-state index is 10.2. The van der Waals surface area contributed by atoms with Crippen molar-refractivity contribution >= 4 is 19.8 Å². The van der Waals surface area contributed by atoms with E-state index in [0.717, 1.165) is 6.92 Å². The molecule has 18 heavy (non-hydrogen) atoms. The van der Waals surface area contributed by atoms with E-state index in [1.165, 1.54) is 0 Å². The molecule has 0 aromatic heterocycles. The van der Waals surface area contributed by atoms with Crippen LogP contribution in [0.1, 0.15) is 17.3 Å². The van der Waals surface area contributed by atoms with Crippen LogP contribution in [-0.2, 0) is 9.36 Å². The summed E-state index contributed by atoms with van der Waals surface area (Å²) in [6.07, 6.45) is 0. The van der Waals surface area contributed by atoms with Gasteiger partial charge in [0.1, 0.15) is 0 Å². The van der Waals surface area contributed by atoms with Crippen molar-refractivity contribution in [3.63, 3.8) is 0 Å². The number of rotatable bonds is 1. The molecule has 0 radical (unpaired) electrons. The molecule has 0 saturated carbocycles. The molecule has 0 saturated heterocycles. The molecular formula is C9H13O8P. The van der Waals surface area contributed by atoms with Crippen molar-refractivity contribution in [2.24, 2.45) is 0 Å². The number of hydrogen-bond donors (Lipinski definition) is 5. The Labute approximate surface area is 102 Å². The van der Waals surface area contributed by atoms with E-state index in [4.69, 9.17) is 34.3 Å². The van der Waals surface area contributed by atoms with Crippen LogP contribution in [0.15, 0.2) is 30.3 Å². The summed E-state index contributed by atoms with van der Waals surface area (Å²) in [6, 6.07) is 8.30. The van der Waals surface area contributed by atoms with Crippen molar-refractivity contribution in [2.45, 2.75) is 6.92 Å². The van der Waals surface area contributed by atoms with Gasteiger partial charge in [-0.05, 0) is 12.1 Å². The lowest BCUT2D eigenvalue weighted by atomic mass is 10.2. The molecule has 1 aromatic carbocycles. The number of benzene rings is 1. The molecule has 0 atom stereocenters. The highest BCUT2D eigenvalue weighted by Gasteiger charge is 2.00. The van der Waals surface area contributed by atoms with Crippen molar-refractivity contribution < 1.29 is 39.0 Å². The number of hydrogen-bond acceptors (Lipinski definition) is 3. The zero-order valence-corrected chi connectivity index (χ0v) is 10.2. The molecule has 0 heterocycles. The summed E-state index contributed by atoms with van der Waals surface area (Å²) < 4.78 is 8.88. The maximum Gasteiger partial charge on any atom is 0.466 e. The predicted molar refractivity (Wildman–Crippen MR) is 61.0 cm³/mol. The Hall–Kier alpha value is -1.73. The molecule has 1 aromatic rings. The molecule has 0 bridgehead atoms. The Morgan fingerprint density at radius 2 is 1.28 bits per heavy atom. The second kappa shape index (κ2) is 9.32. The van der Waals surface area contributed by atoms with Crippen molar-refractivity contribution in [1.29, 1.82) is 0 Å². The fourth-order valence-electron chi connectivity index (χ4n) is 0.581. The Kier molecular flexibility index (Phi) is 9.64. The van der Waals surface area contributed by atoms with Crippen molar-refractivity contribution in [3.05, 3.63) is 35.9 Å². The average Bonchev–Trinajstić information content (AvgIpc) is 2.15. The van der Waals surface area contributed by atoms with E-state index in [-0.39, 0.29) is 0 Å². The second-order valence-electron chi connectivity index (χ2n) is 2.70. The summed E-state index contributed by atoms with van der Waals surface area (Å²) >= 11 is 0. The van der Waals surface area contributed by atoms with Crippen molar-refractivity contribution in [2.75, 3.05) is 0 Å². The van der Waals surface area contributed by atoms with Gasteiger partial charge in [-0.3, -0.25) is 4.79 Å². The normalized spacial score (nSPS) is 9.11. The number of carboxylic acid groups (broad SMARTS) is 2. The number of carboxylic acids is 2. The molecule has 8 nitrogen and oxygen atoms in total. The van der Waals surface area contributed by atoms with Gasteiger partial charge in [-0.25, -0.2) is 9.36 Å². The molecule has 0 amide bonds. The van der Waals surface area contributed by atoms with E-state index in [2.05, 4.69) is 0 Å². The van der Waals surface area contributed by atoms with Gasteiger partial charge in [-0.2, -0.15) is 0 Å². The van der Waals surface area contributed by atoms with Gasteiger partial charge < -0.3 is 24.9 Å². The first-order chi connectivity index (χ1) is 8.04. The first-order valence-corrected chi connectivity index (χ1v) is 5.86. The van der Waals surface area contributed by atoms with Gasteiger partial charge in [0.05, 0.1) is 5.56 Å². The molecule has 9 heteroatoms. The Morgan fingerprint density at radius 3 is 1.44 bits per heavy atom. The quantitative estimate of drug-likeness (QED) is 0.467. The number of carbonyl (C=O) groups is 2. The van der Waals surface area contributed by atoms with Crippen LogP contribution in [0.4, 0.5) is 0 Å². The van der Waals surface area contributed by atoms with E-state index < -0.39 is 19.8 Å². The summed E-state index contributed by atoms with van der Waals surface area (Å²) in [5, 5.41) is 15.8. The third-order valence-electron chi connectivity index (χ3n) is 1.02. The SMILES string of the molecule is CC(=O)O.O=C(O)c1ccccc1.O=P(O)(O)O. The number of aliphatic carboxylic acids is 1. The van der Waals surface area contributed by atoms with E-state index in [1.807, 2.05) is 0 Å². The summed E-state index contributed by atoms with van der Waals surface area (Å²) in [7, 11) is -4.64. The second-order valence-corrected chi connectivity index (χ2v) is 3.73. The van der Waals surface area contributed by atoms with Crippen LogP contribution >= 0.6 is 7.82 Å². The summed E-state index contributed by atoms with van der Waals surface area (Å²) in [5.74, 6) is -1.71. The Morgan fingerprint density at radius 1 is 1.00 bits per heavy atom. The fraction of sp³-hybridized carbons (Fsp3) is 0.111. The molecule has 1 rings (SSSR count). The van der Waals surface area contributed by atoms with Gasteiger partial charge >= 0.3 is 13.8 Å². The van der Waals surface area contributed by atoms with Crippen LogP contribution in [0.3, 0.4) is 0 Å². The van der Waals surface area contributed by atoms with Gasteiger partial charge in [0, 0.05) is 6.92 Å². The maximum absolute atomic E-state index is 10.2. The summed E-state index contributed by atoms with van der Waals surface area (Å²) in [4.78, 5) is 40.8. The largest absolute Gasteiger partial charge is 0.481 e. The molecular weight excluding hydrogens is 267 g/mol. The van der Waals surface area contributed by atoms with Gasteiger partial charge in [0.25, 0.3) is 5.97 Å². The van der Waals surface area contributed by atoms with Crippen molar-refractivity contribution in [3.8, 4) is 0 Å². The molecule has 0 unspecified atom stereocenters. The number of phosphoric acid groups is 1. The highest BCUT2D eigenvalue weighted by molar-refractivity contribution is 7.45. The Bertz CT molecular complexity index is 398. The third-order valence-corrected chi connectivity index (χ3v) is 1.02. The van der Waals surface area contributed by atoms with Crippen LogP contribution in [0.2, 0.25) is 0 Å². The summed E-state index contributed by atoms with van der Waals surface area (Å²) in [5.41, 5.74) is 0.331. The van der Waals surface area contributed by atoms with Gasteiger partial charge in [0.2, 0.25) is 0 Å².